The Bertz CT molecular complexity index is 1450. The molecule has 2 aromatic heterocycles. The second-order valence-electron chi connectivity index (χ2n) is 8.26. The van der Waals surface area contributed by atoms with Crippen molar-refractivity contribution in [1.29, 1.82) is 0 Å². The van der Waals surface area contributed by atoms with Gasteiger partial charge in [-0.3, -0.25) is 9.69 Å². The Kier molecular flexibility index (Phi) is 6.97. The van der Waals surface area contributed by atoms with Gasteiger partial charge in [0.1, 0.15) is 10.8 Å². The Hall–Kier alpha value is -3.81. The molecule has 5 aromatic rings. The number of hydrogen-bond acceptors (Lipinski definition) is 6. The summed E-state index contributed by atoms with van der Waals surface area (Å²) in [5, 5.41) is 5.28. The van der Waals surface area contributed by atoms with Gasteiger partial charge in [-0.25, -0.2) is 4.98 Å². The number of benzene rings is 3. The fourth-order valence-electron chi connectivity index (χ4n) is 3.99. The maximum absolute atomic E-state index is 12.9. The van der Waals surface area contributed by atoms with Crippen molar-refractivity contribution in [3.05, 3.63) is 118 Å². The van der Waals surface area contributed by atoms with Gasteiger partial charge in [0, 0.05) is 31.3 Å². The maximum atomic E-state index is 12.9. The van der Waals surface area contributed by atoms with Crippen LogP contribution < -0.4 is 10.3 Å². The normalized spacial score (nSPS) is 11.3. The zero-order chi connectivity index (χ0) is 24.0. The lowest BCUT2D eigenvalue weighted by atomic mass is 10.1. The molecule has 0 aliphatic heterocycles. The van der Waals surface area contributed by atoms with Crippen LogP contribution in [0.3, 0.4) is 0 Å². The molecule has 176 valence electrons. The van der Waals surface area contributed by atoms with E-state index < -0.39 is 0 Å². The fraction of sp³-hybridized carbons (Fsp3) is 0.179. The molecular weight excluding hydrogens is 456 g/mol. The summed E-state index contributed by atoms with van der Waals surface area (Å²) in [5.74, 6) is 0.866. The van der Waals surface area contributed by atoms with Crippen LogP contribution in [0.5, 0.6) is 5.75 Å². The summed E-state index contributed by atoms with van der Waals surface area (Å²) < 4.78 is 6.97. The quantitative estimate of drug-likeness (QED) is 0.281. The molecule has 0 aliphatic carbocycles. The molecule has 3 aromatic carbocycles. The highest BCUT2D eigenvalue weighted by molar-refractivity contribution is 7.19. The van der Waals surface area contributed by atoms with Gasteiger partial charge < -0.3 is 4.74 Å². The van der Waals surface area contributed by atoms with Crippen LogP contribution in [0.15, 0.2) is 95.8 Å². The van der Waals surface area contributed by atoms with E-state index >= 15 is 0 Å². The molecule has 6 nitrogen and oxygen atoms in total. The van der Waals surface area contributed by atoms with E-state index in [9.17, 15) is 4.79 Å². The van der Waals surface area contributed by atoms with Gasteiger partial charge in [0.2, 0.25) is 4.96 Å². The van der Waals surface area contributed by atoms with Gasteiger partial charge in [-0.1, -0.05) is 84.1 Å². The highest BCUT2D eigenvalue weighted by Crippen LogP contribution is 2.24. The van der Waals surface area contributed by atoms with E-state index in [1.807, 2.05) is 67.6 Å². The minimum Gasteiger partial charge on any atom is -0.494 e. The number of rotatable bonds is 9. The monoisotopic (exact) mass is 482 g/mol. The average Bonchev–Trinajstić information content (AvgIpc) is 3.31. The first-order valence-electron chi connectivity index (χ1n) is 11.6. The van der Waals surface area contributed by atoms with Crippen LogP contribution in [-0.2, 0) is 19.6 Å². The summed E-state index contributed by atoms with van der Waals surface area (Å²) in [4.78, 5) is 20.6. The van der Waals surface area contributed by atoms with Crippen LogP contribution >= 0.6 is 11.3 Å². The Morgan fingerprint density at radius 1 is 0.857 bits per heavy atom. The Morgan fingerprint density at radius 3 is 2.20 bits per heavy atom. The predicted molar refractivity (Wildman–Crippen MR) is 140 cm³/mol. The first-order chi connectivity index (χ1) is 17.2. The molecule has 0 radical (unpaired) electrons. The van der Waals surface area contributed by atoms with E-state index in [0.717, 1.165) is 35.1 Å². The number of ether oxygens (including phenoxy) is 1. The largest absolute Gasteiger partial charge is 0.494 e. The molecular formula is C28H26N4O2S. The molecule has 2 heterocycles. The molecule has 0 spiro atoms. The molecule has 0 amide bonds. The summed E-state index contributed by atoms with van der Waals surface area (Å²) in [7, 11) is 0. The Labute approximate surface area is 208 Å². The van der Waals surface area contributed by atoms with Gasteiger partial charge in [0.05, 0.1) is 12.3 Å². The zero-order valence-corrected chi connectivity index (χ0v) is 20.3. The number of fused-ring (bicyclic) bond motifs is 1. The molecule has 35 heavy (non-hydrogen) atoms. The lowest BCUT2D eigenvalue weighted by Gasteiger charge is -2.22. The molecule has 0 fully saturated rings. The van der Waals surface area contributed by atoms with Gasteiger partial charge in [0.25, 0.3) is 5.56 Å². The Balaban J connectivity index is 1.42. The average molecular weight is 483 g/mol. The first kappa shape index (κ1) is 23.0. The lowest BCUT2D eigenvalue weighted by molar-refractivity contribution is 0.244. The summed E-state index contributed by atoms with van der Waals surface area (Å²) in [6, 6.07) is 30.0. The smallest absolute Gasteiger partial charge is 0.275 e. The van der Waals surface area contributed by atoms with Crippen molar-refractivity contribution >= 4 is 16.3 Å². The molecule has 0 atom stereocenters. The molecule has 0 aliphatic rings. The van der Waals surface area contributed by atoms with Crippen molar-refractivity contribution in [2.75, 3.05) is 6.61 Å². The second kappa shape index (κ2) is 10.6. The van der Waals surface area contributed by atoms with Crippen molar-refractivity contribution in [3.8, 4) is 16.3 Å². The van der Waals surface area contributed by atoms with Crippen LogP contribution in [0.1, 0.15) is 23.7 Å². The summed E-state index contributed by atoms with van der Waals surface area (Å²) in [5.41, 5.74) is 3.93. The molecule has 7 heteroatoms. The third-order valence-corrected chi connectivity index (χ3v) is 6.55. The molecule has 0 bridgehead atoms. The van der Waals surface area contributed by atoms with Crippen molar-refractivity contribution in [3.63, 3.8) is 0 Å². The third kappa shape index (κ3) is 5.65. The fourth-order valence-corrected chi connectivity index (χ4v) is 4.92. The van der Waals surface area contributed by atoms with E-state index in [4.69, 9.17) is 9.72 Å². The zero-order valence-electron chi connectivity index (χ0n) is 19.5. The first-order valence-corrected chi connectivity index (χ1v) is 12.4. The van der Waals surface area contributed by atoms with Crippen molar-refractivity contribution in [1.82, 2.24) is 19.5 Å². The highest BCUT2D eigenvalue weighted by Gasteiger charge is 2.14. The van der Waals surface area contributed by atoms with Crippen LogP contribution in [0.25, 0.3) is 15.5 Å². The predicted octanol–water partition coefficient (Wildman–Crippen LogP) is 5.42. The van der Waals surface area contributed by atoms with E-state index in [1.165, 1.54) is 27.0 Å². The van der Waals surface area contributed by atoms with Crippen LogP contribution in [-0.4, -0.2) is 26.1 Å². The van der Waals surface area contributed by atoms with Gasteiger partial charge in [-0.2, -0.15) is 9.61 Å². The van der Waals surface area contributed by atoms with Crippen LogP contribution in [0.4, 0.5) is 0 Å². The summed E-state index contributed by atoms with van der Waals surface area (Å²) in [6.07, 6.45) is 0. The SMILES string of the molecule is CCOc1ccc(CN(Cc2ccccc2)Cc2cc(=O)n3nc(-c4ccccc4)sc3n2)cc1. The van der Waals surface area contributed by atoms with Crippen molar-refractivity contribution < 1.29 is 4.74 Å². The number of nitrogens with zero attached hydrogens (tertiary/aromatic N) is 4. The van der Waals surface area contributed by atoms with Gasteiger partial charge in [-0.05, 0) is 30.2 Å². The lowest BCUT2D eigenvalue weighted by Crippen LogP contribution is -2.25. The number of aromatic nitrogens is 3. The summed E-state index contributed by atoms with van der Waals surface area (Å²) >= 11 is 1.43. The maximum Gasteiger partial charge on any atom is 0.275 e. The van der Waals surface area contributed by atoms with E-state index in [2.05, 4.69) is 34.3 Å². The molecule has 0 N–H and O–H groups in total. The molecule has 0 saturated carbocycles. The standard InChI is InChI=1S/C28H26N4O2S/c1-2-34-25-15-13-22(14-16-25)19-31(18-21-9-5-3-6-10-21)20-24-17-26(33)32-28(29-24)35-27(30-32)23-11-7-4-8-12-23/h3-17H,2,18-20H2,1H3. The minimum atomic E-state index is -0.163. The topological polar surface area (TPSA) is 59.7 Å². The molecule has 5 rings (SSSR count). The van der Waals surface area contributed by atoms with E-state index in [0.29, 0.717) is 18.1 Å². The number of hydrogen-bond donors (Lipinski definition) is 0. The Morgan fingerprint density at radius 2 is 1.51 bits per heavy atom. The van der Waals surface area contributed by atoms with Gasteiger partial charge in [0.15, 0.2) is 0 Å². The molecule has 0 saturated heterocycles. The van der Waals surface area contributed by atoms with Crippen molar-refractivity contribution in [2.24, 2.45) is 0 Å². The third-order valence-electron chi connectivity index (χ3n) is 5.59. The van der Waals surface area contributed by atoms with Crippen LogP contribution in [0, 0.1) is 0 Å². The van der Waals surface area contributed by atoms with E-state index in [1.54, 1.807) is 6.07 Å². The van der Waals surface area contributed by atoms with Gasteiger partial charge >= 0.3 is 0 Å². The van der Waals surface area contributed by atoms with E-state index in [-0.39, 0.29) is 5.56 Å². The minimum absolute atomic E-state index is 0.163. The van der Waals surface area contributed by atoms with Crippen molar-refractivity contribution in [2.45, 2.75) is 26.6 Å². The summed E-state index contributed by atoms with van der Waals surface area (Å²) in [6.45, 7) is 4.64. The highest BCUT2D eigenvalue weighted by atomic mass is 32.1. The van der Waals surface area contributed by atoms with Crippen LogP contribution in [0.2, 0.25) is 0 Å². The second-order valence-corrected chi connectivity index (χ2v) is 9.22. The van der Waals surface area contributed by atoms with Gasteiger partial charge in [-0.15, -0.1) is 0 Å². The molecule has 0 unspecified atom stereocenters.